The third kappa shape index (κ3) is 5.62. The molecule has 2 aromatic rings. The Morgan fingerprint density at radius 1 is 1.35 bits per heavy atom. The molecule has 0 aliphatic heterocycles. The van der Waals surface area contributed by atoms with Crippen molar-refractivity contribution in [2.45, 2.75) is 40.0 Å². The molecule has 1 unspecified atom stereocenters. The average molecular weight is 351 g/mol. The maximum Gasteiger partial charge on any atom is 0.191 e. The van der Waals surface area contributed by atoms with Gasteiger partial charge in [0.05, 0.1) is 10.7 Å². The molecule has 2 N–H and O–H groups in total. The van der Waals surface area contributed by atoms with Gasteiger partial charge in [-0.25, -0.2) is 4.98 Å². The van der Waals surface area contributed by atoms with Crippen LogP contribution in [0.4, 0.5) is 0 Å². The molecule has 4 nitrogen and oxygen atoms in total. The Morgan fingerprint density at radius 3 is 2.78 bits per heavy atom. The van der Waals surface area contributed by atoms with Crippen LogP contribution < -0.4 is 10.6 Å². The van der Waals surface area contributed by atoms with Crippen molar-refractivity contribution >= 4 is 28.6 Å². The van der Waals surface area contributed by atoms with Gasteiger partial charge in [-0.3, -0.25) is 4.99 Å². The number of aryl methyl sites for hydroxylation is 2. The summed E-state index contributed by atoms with van der Waals surface area (Å²) in [5.41, 5.74) is 2.52. The van der Waals surface area contributed by atoms with E-state index in [2.05, 4.69) is 60.1 Å². The highest BCUT2D eigenvalue weighted by molar-refractivity contribution is 7.11. The Bertz CT molecular complexity index is 617. The molecule has 126 valence electrons. The molecule has 0 fully saturated rings. The van der Waals surface area contributed by atoms with Crippen molar-refractivity contribution in [3.05, 3.63) is 38.0 Å². The molecule has 6 heteroatoms. The van der Waals surface area contributed by atoms with Crippen LogP contribution in [0.3, 0.4) is 0 Å². The predicted molar refractivity (Wildman–Crippen MR) is 102 cm³/mol. The first-order valence-corrected chi connectivity index (χ1v) is 9.83. The number of guanidine groups is 1. The van der Waals surface area contributed by atoms with E-state index in [1.165, 1.54) is 10.4 Å². The molecule has 2 heterocycles. The lowest BCUT2D eigenvalue weighted by Gasteiger charge is -2.13. The first-order valence-electron chi connectivity index (χ1n) is 8.07. The standard InChI is InChI=1S/C17H26N4S2/c1-5-18-17(20-10-12(2)15-7-9-22-11-15)19-8-6-16-13(3)21-14(4)23-16/h7,9,11-12H,5-6,8,10H2,1-4H3,(H2,18,19,20). The topological polar surface area (TPSA) is 49.3 Å². The molecule has 0 aliphatic carbocycles. The Labute approximate surface area is 147 Å². The first-order chi connectivity index (χ1) is 11.1. The molecule has 0 saturated carbocycles. The number of nitrogens with one attached hydrogen (secondary N) is 2. The molecular formula is C17H26N4S2. The second-order valence-electron chi connectivity index (χ2n) is 5.60. The van der Waals surface area contributed by atoms with E-state index in [9.17, 15) is 0 Å². The number of thiazole rings is 1. The second-order valence-corrected chi connectivity index (χ2v) is 7.66. The SMILES string of the molecule is CCNC(=NCC(C)c1ccsc1)NCCc1sc(C)nc1C. The van der Waals surface area contributed by atoms with E-state index in [4.69, 9.17) is 4.99 Å². The van der Waals surface area contributed by atoms with E-state index in [1.807, 2.05) is 0 Å². The minimum Gasteiger partial charge on any atom is -0.357 e. The van der Waals surface area contributed by atoms with Gasteiger partial charge in [-0.05, 0) is 43.2 Å². The maximum absolute atomic E-state index is 4.72. The molecule has 0 aromatic carbocycles. The van der Waals surface area contributed by atoms with E-state index < -0.39 is 0 Å². The average Bonchev–Trinajstić information content (AvgIpc) is 3.15. The van der Waals surface area contributed by atoms with E-state index in [1.54, 1.807) is 22.7 Å². The quantitative estimate of drug-likeness (QED) is 0.591. The van der Waals surface area contributed by atoms with Crippen molar-refractivity contribution in [3.63, 3.8) is 0 Å². The van der Waals surface area contributed by atoms with Crippen LogP contribution in [0.15, 0.2) is 21.8 Å². The van der Waals surface area contributed by atoms with Gasteiger partial charge in [0.15, 0.2) is 5.96 Å². The highest BCUT2D eigenvalue weighted by Crippen LogP contribution is 2.18. The van der Waals surface area contributed by atoms with Crippen LogP contribution in [-0.4, -0.2) is 30.6 Å². The van der Waals surface area contributed by atoms with Crippen molar-refractivity contribution in [2.24, 2.45) is 4.99 Å². The smallest absolute Gasteiger partial charge is 0.191 e. The number of nitrogens with zero attached hydrogens (tertiary/aromatic N) is 2. The Hall–Kier alpha value is -1.40. The number of thiophene rings is 1. The van der Waals surface area contributed by atoms with E-state index in [0.717, 1.165) is 42.7 Å². The molecule has 23 heavy (non-hydrogen) atoms. The molecular weight excluding hydrogens is 324 g/mol. The van der Waals surface area contributed by atoms with Crippen molar-refractivity contribution in [3.8, 4) is 0 Å². The van der Waals surface area contributed by atoms with Crippen LogP contribution in [0.5, 0.6) is 0 Å². The van der Waals surface area contributed by atoms with Crippen molar-refractivity contribution in [1.29, 1.82) is 0 Å². The Morgan fingerprint density at radius 2 is 2.17 bits per heavy atom. The number of hydrogen-bond acceptors (Lipinski definition) is 4. The van der Waals surface area contributed by atoms with Gasteiger partial charge in [0.2, 0.25) is 0 Å². The third-order valence-corrected chi connectivity index (χ3v) is 5.46. The van der Waals surface area contributed by atoms with Crippen molar-refractivity contribution in [2.75, 3.05) is 19.6 Å². The summed E-state index contributed by atoms with van der Waals surface area (Å²) in [5.74, 6) is 1.34. The summed E-state index contributed by atoms with van der Waals surface area (Å²) in [5, 5.41) is 12.2. The fraction of sp³-hybridized carbons (Fsp3) is 0.529. The first kappa shape index (κ1) is 17.9. The van der Waals surface area contributed by atoms with Crippen LogP contribution in [-0.2, 0) is 6.42 Å². The summed E-state index contributed by atoms with van der Waals surface area (Å²) in [6, 6.07) is 2.18. The molecule has 0 aliphatic rings. The van der Waals surface area contributed by atoms with Gasteiger partial charge in [-0.15, -0.1) is 11.3 Å². The minimum atomic E-state index is 0.447. The summed E-state index contributed by atoms with van der Waals surface area (Å²) in [6.07, 6.45) is 0.988. The van der Waals surface area contributed by atoms with Gasteiger partial charge >= 0.3 is 0 Å². The lowest BCUT2D eigenvalue weighted by atomic mass is 10.1. The summed E-state index contributed by atoms with van der Waals surface area (Å²) in [7, 11) is 0. The van der Waals surface area contributed by atoms with Crippen LogP contribution in [0, 0.1) is 13.8 Å². The van der Waals surface area contributed by atoms with E-state index in [-0.39, 0.29) is 0 Å². The van der Waals surface area contributed by atoms with Gasteiger partial charge in [0.25, 0.3) is 0 Å². The number of rotatable bonds is 7. The van der Waals surface area contributed by atoms with E-state index >= 15 is 0 Å². The minimum absolute atomic E-state index is 0.447. The molecule has 0 amide bonds. The zero-order valence-corrected chi connectivity index (χ0v) is 16.0. The molecule has 0 saturated heterocycles. The van der Waals surface area contributed by atoms with Gasteiger partial charge in [0.1, 0.15) is 0 Å². The van der Waals surface area contributed by atoms with Crippen LogP contribution in [0.25, 0.3) is 0 Å². The molecule has 0 radical (unpaired) electrons. The van der Waals surface area contributed by atoms with Crippen molar-refractivity contribution < 1.29 is 0 Å². The van der Waals surface area contributed by atoms with Gasteiger partial charge < -0.3 is 10.6 Å². The molecule has 0 bridgehead atoms. The lowest BCUT2D eigenvalue weighted by molar-refractivity contribution is 0.748. The number of aliphatic imine (C=N–C) groups is 1. The molecule has 2 rings (SSSR count). The molecule has 0 spiro atoms. The van der Waals surface area contributed by atoms with Gasteiger partial charge in [-0.2, -0.15) is 11.3 Å². The van der Waals surface area contributed by atoms with Crippen LogP contribution >= 0.6 is 22.7 Å². The number of hydrogen-bond donors (Lipinski definition) is 2. The molecule has 1 atom stereocenters. The predicted octanol–water partition coefficient (Wildman–Crippen LogP) is 3.72. The fourth-order valence-corrected chi connectivity index (χ4v) is 4.05. The Kier molecular flexibility index (Phi) is 7.05. The van der Waals surface area contributed by atoms with Crippen LogP contribution in [0.1, 0.15) is 40.9 Å². The van der Waals surface area contributed by atoms with Gasteiger partial charge in [-0.1, -0.05) is 6.92 Å². The van der Waals surface area contributed by atoms with Crippen molar-refractivity contribution in [1.82, 2.24) is 15.6 Å². The summed E-state index contributed by atoms with van der Waals surface area (Å²) < 4.78 is 0. The lowest BCUT2D eigenvalue weighted by Crippen LogP contribution is -2.38. The zero-order chi connectivity index (χ0) is 16.7. The highest BCUT2D eigenvalue weighted by atomic mass is 32.1. The Balaban J connectivity index is 1.85. The number of aromatic nitrogens is 1. The third-order valence-electron chi connectivity index (χ3n) is 3.62. The summed E-state index contributed by atoms with van der Waals surface area (Å²) in [6.45, 7) is 11.0. The normalized spacial score (nSPS) is 13.1. The zero-order valence-electron chi connectivity index (χ0n) is 14.3. The van der Waals surface area contributed by atoms with E-state index in [0.29, 0.717) is 5.92 Å². The van der Waals surface area contributed by atoms with Crippen LogP contribution in [0.2, 0.25) is 0 Å². The monoisotopic (exact) mass is 350 g/mol. The molecule has 2 aromatic heterocycles. The second kappa shape index (κ2) is 9.03. The maximum atomic E-state index is 4.72. The summed E-state index contributed by atoms with van der Waals surface area (Å²) >= 11 is 3.53. The highest BCUT2D eigenvalue weighted by Gasteiger charge is 2.07. The fourth-order valence-electron chi connectivity index (χ4n) is 2.33. The summed E-state index contributed by atoms with van der Waals surface area (Å²) in [4.78, 5) is 10.6. The largest absolute Gasteiger partial charge is 0.357 e. The van der Waals surface area contributed by atoms with Gasteiger partial charge in [0, 0.05) is 36.9 Å².